The van der Waals surface area contributed by atoms with E-state index in [2.05, 4.69) is 4.74 Å². The molecule has 2 heterocycles. The second-order valence-corrected chi connectivity index (χ2v) is 8.67. The minimum atomic E-state index is -1.03. The number of aliphatic hydroxyl groups excluding tert-OH is 1. The van der Waals surface area contributed by atoms with Crippen LogP contribution in [-0.2, 0) is 30.5 Å². The molecule has 0 saturated carbocycles. The number of fused-ring (bicyclic) bond motifs is 3. The molecule has 1 fully saturated rings. The fourth-order valence-electron chi connectivity index (χ4n) is 5.59. The third kappa shape index (κ3) is 2.92. The van der Waals surface area contributed by atoms with E-state index >= 15 is 0 Å². The Balaban J connectivity index is 1.66. The second kappa shape index (κ2) is 7.48. The lowest BCUT2D eigenvalue weighted by molar-refractivity contribution is -0.137. The van der Waals surface area contributed by atoms with Gasteiger partial charge in [-0.25, -0.2) is 4.79 Å². The van der Waals surface area contributed by atoms with Crippen molar-refractivity contribution < 1.29 is 38.2 Å². The fraction of sp³-hybridized carbons (Fsp3) is 0.375. The molecular formula is C24H21NO8. The molecule has 1 aromatic rings. The number of hydrogen-bond acceptors (Lipinski definition) is 8. The van der Waals surface area contributed by atoms with Gasteiger partial charge in [-0.1, -0.05) is 11.6 Å². The quantitative estimate of drug-likeness (QED) is 0.410. The Hall–Kier alpha value is -3.59. The van der Waals surface area contributed by atoms with Crippen LogP contribution in [-0.4, -0.2) is 46.6 Å². The van der Waals surface area contributed by atoms with Crippen LogP contribution in [0, 0.1) is 17.8 Å². The second-order valence-electron chi connectivity index (χ2n) is 8.67. The number of aliphatic hydroxyl groups is 1. The van der Waals surface area contributed by atoms with Gasteiger partial charge >= 0.3 is 6.09 Å². The number of carbonyl (C=O) groups is 5. The number of Topliss-reactive ketones (excluding diaryl/α,β-unsaturated/α-hetero) is 1. The average molecular weight is 451 g/mol. The summed E-state index contributed by atoms with van der Waals surface area (Å²) in [6.45, 7) is 1.24. The zero-order valence-electron chi connectivity index (χ0n) is 18.0. The third-order valence-electron chi connectivity index (χ3n) is 7.04. The van der Waals surface area contributed by atoms with Crippen LogP contribution < -0.4 is 0 Å². The molecule has 5 rings (SSSR count). The first-order chi connectivity index (χ1) is 15.8. The van der Waals surface area contributed by atoms with Gasteiger partial charge in [0.2, 0.25) is 11.8 Å². The molecule has 1 aromatic heterocycles. The van der Waals surface area contributed by atoms with Crippen molar-refractivity contribution in [3.63, 3.8) is 0 Å². The Bertz CT molecular complexity index is 1230. The van der Waals surface area contributed by atoms with Gasteiger partial charge in [0.1, 0.15) is 18.1 Å². The largest absolute Gasteiger partial charge is 0.463 e. The summed E-state index contributed by atoms with van der Waals surface area (Å²) in [4.78, 5) is 64.8. The Morgan fingerprint density at radius 3 is 2.61 bits per heavy atom. The summed E-state index contributed by atoms with van der Waals surface area (Å²) in [7, 11) is 1.10. The molecule has 0 bridgehead atoms. The number of nitrogens with zero attached hydrogens (tertiary/aromatic N) is 1. The molecule has 4 atom stereocenters. The molecule has 3 aliphatic carbocycles. The Kier molecular flexibility index (Phi) is 4.82. The molecule has 9 heteroatoms. The first-order valence-electron chi connectivity index (χ1n) is 10.6. The lowest BCUT2D eigenvalue weighted by Gasteiger charge is -2.41. The Morgan fingerprint density at radius 2 is 1.94 bits per heavy atom. The van der Waals surface area contributed by atoms with Crippen molar-refractivity contribution in [3.05, 3.63) is 58.1 Å². The van der Waals surface area contributed by atoms with Gasteiger partial charge in [0, 0.05) is 16.7 Å². The molecule has 170 valence electrons. The number of allylic oxidation sites excluding steroid dienone is 6. The lowest BCUT2D eigenvalue weighted by Crippen LogP contribution is -2.40. The number of likely N-dealkylation sites (tertiary alicyclic amines) is 1. The summed E-state index contributed by atoms with van der Waals surface area (Å²) in [5.74, 6) is -4.09. The van der Waals surface area contributed by atoms with Crippen LogP contribution >= 0.6 is 0 Å². The number of furan rings is 1. The van der Waals surface area contributed by atoms with Crippen molar-refractivity contribution in [2.45, 2.75) is 32.3 Å². The highest BCUT2D eigenvalue weighted by Gasteiger charge is 2.58. The monoisotopic (exact) mass is 451 g/mol. The van der Waals surface area contributed by atoms with E-state index in [-0.39, 0.29) is 36.6 Å². The van der Waals surface area contributed by atoms with E-state index in [1.165, 1.54) is 6.08 Å². The number of ether oxygens (including phenoxy) is 1. The molecule has 1 N–H and O–H groups in total. The van der Waals surface area contributed by atoms with Gasteiger partial charge in [-0.15, -0.1) is 0 Å². The Morgan fingerprint density at radius 1 is 1.18 bits per heavy atom. The van der Waals surface area contributed by atoms with E-state index in [1.807, 2.05) is 6.08 Å². The van der Waals surface area contributed by atoms with Gasteiger partial charge in [0.25, 0.3) is 0 Å². The maximum atomic E-state index is 13.2. The van der Waals surface area contributed by atoms with Crippen LogP contribution in [0.25, 0.3) is 0 Å². The SMILES string of the molecule is COC(=O)N1C(=O)[C@H]2[C@H](CC=C3[C@H](c4ccc(CO)o4)C4=C(C[C@H]32)C(=O)C=C(C)C4=O)C1=O. The molecule has 33 heavy (non-hydrogen) atoms. The van der Waals surface area contributed by atoms with E-state index in [9.17, 15) is 29.1 Å². The highest BCUT2D eigenvalue weighted by molar-refractivity contribution is 6.24. The molecule has 0 unspecified atom stereocenters. The van der Waals surface area contributed by atoms with E-state index in [4.69, 9.17) is 4.42 Å². The first-order valence-corrected chi connectivity index (χ1v) is 10.6. The van der Waals surface area contributed by atoms with Crippen LogP contribution in [0.2, 0.25) is 0 Å². The number of carbonyl (C=O) groups excluding carboxylic acids is 5. The molecule has 0 radical (unpaired) electrons. The van der Waals surface area contributed by atoms with Gasteiger partial charge < -0.3 is 14.3 Å². The van der Waals surface area contributed by atoms with Gasteiger partial charge in [-0.2, -0.15) is 4.90 Å². The lowest BCUT2D eigenvalue weighted by atomic mass is 9.60. The average Bonchev–Trinajstić information content (AvgIpc) is 3.38. The normalized spacial score (nSPS) is 28.9. The summed E-state index contributed by atoms with van der Waals surface area (Å²) in [5, 5.41) is 9.46. The maximum Gasteiger partial charge on any atom is 0.423 e. The number of methoxy groups -OCH3 is 1. The van der Waals surface area contributed by atoms with Crippen molar-refractivity contribution in [1.29, 1.82) is 0 Å². The Labute approximate surface area is 188 Å². The van der Waals surface area contributed by atoms with Crippen molar-refractivity contribution in [2.75, 3.05) is 7.11 Å². The molecular weight excluding hydrogens is 430 g/mol. The number of ketones is 2. The molecule has 1 saturated heterocycles. The van der Waals surface area contributed by atoms with E-state index in [1.54, 1.807) is 19.1 Å². The van der Waals surface area contributed by atoms with Gasteiger partial charge in [-0.05, 0) is 43.9 Å². The van der Waals surface area contributed by atoms with Crippen LogP contribution in [0.5, 0.6) is 0 Å². The molecule has 9 nitrogen and oxygen atoms in total. The summed E-state index contributed by atoms with van der Waals surface area (Å²) < 4.78 is 10.4. The van der Waals surface area contributed by atoms with Crippen LogP contribution in [0.1, 0.15) is 37.2 Å². The van der Waals surface area contributed by atoms with Gasteiger partial charge in [0.15, 0.2) is 11.6 Å². The number of imide groups is 3. The van der Waals surface area contributed by atoms with Crippen LogP contribution in [0.3, 0.4) is 0 Å². The van der Waals surface area contributed by atoms with Gasteiger partial charge in [-0.3, -0.25) is 19.2 Å². The highest BCUT2D eigenvalue weighted by atomic mass is 16.5. The maximum absolute atomic E-state index is 13.2. The topological polar surface area (TPSA) is 131 Å². The van der Waals surface area contributed by atoms with Crippen molar-refractivity contribution in [3.8, 4) is 0 Å². The molecule has 4 aliphatic rings. The van der Waals surface area contributed by atoms with E-state index in [0.29, 0.717) is 33.1 Å². The molecule has 3 amide bonds. The molecule has 0 spiro atoms. The van der Waals surface area contributed by atoms with E-state index < -0.39 is 41.6 Å². The van der Waals surface area contributed by atoms with Crippen molar-refractivity contribution >= 4 is 29.5 Å². The summed E-state index contributed by atoms with van der Waals surface area (Å²) in [5.41, 5.74) is 1.62. The minimum Gasteiger partial charge on any atom is -0.463 e. The van der Waals surface area contributed by atoms with E-state index in [0.717, 1.165) is 7.11 Å². The summed E-state index contributed by atoms with van der Waals surface area (Å²) >= 11 is 0. The number of hydrogen-bond donors (Lipinski definition) is 1. The smallest absolute Gasteiger partial charge is 0.423 e. The summed E-state index contributed by atoms with van der Waals surface area (Å²) in [6.07, 6.45) is 2.39. The number of amides is 3. The fourth-order valence-corrected chi connectivity index (χ4v) is 5.59. The first kappa shape index (κ1) is 21.3. The van der Waals surface area contributed by atoms with Crippen molar-refractivity contribution in [2.24, 2.45) is 17.8 Å². The minimum absolute atomic E-state index is 0.106. The predicted molar refractivity (Wildman–Crippen MR) is 110 cm³/mol. The molecule has 1 aliphatic heterocycles. The van der Waals surface area contributed by atoms with Crippen molar-refractivity contribution in [1.82, 2.24) is 4.90 Å². The van der Waals surface area contributed by atoms with Crippen LogP contribution in [0.4, 0.5) is 4.79 Å². The summed E-state index contributed by atoms with van der Waals surface area (Å²) in [6, 6.07) is 3.23. The standard InChI is InChI=1S/C24H21NO8/c1-10-7-16(27)15-8-14-12(19(20(15)21(10)28)17-6-3-11(9-26)33-17)4-5-13-18(14)23(30)25(22(13)29)24(31)32-2/h3-4,6-7,13-14,18-19,26H,5,8-9H2,1-2H3/t13-,14+,18-,19+/m0/s1. The number of rotatable bonds is 2. The van der Waals surface area contributed by atoms with Crippen LogP contribution in [0.15, 0.2) is 51.0 Å². The third-order valence-corrected chi connectivity index (χ3v) is 7.04. The zero-order chi connectivity index (χ0) is 23.6. The van der Waals surface area contributed by atoms with Gasteiger partial charge in [0.05, 0.1) is 24.9 Å². The predicted octanol–water partition coefficient (Wildman–Crippen LogP) is 1.97. The molecule has 0 aromatic carbocycles. The zero-order valence-corrected chi connectivity index (χ0v) is 18.0. The highest BCUT2D eigenvalue weighted by Crippen LogP contribution is 2.55.